The lowest BCUT2D eigenvalue weighted by atomic mass is 10.1. The molecule has 0 saturated heterocycles. The van der Waals surface area contributed by atoms with Crippen molar-refractivity contribution in [2.75, 3.05) is 18.5 Å². The van der Waals surface area contributed by atoms with Crippen LogP contribution in [0.15, 0.2) is 66.7 Å². The van der Waals surface area contributed by atoms with Crippen LogP contribution in [0, 0.1) is 5.82 Å². The lowest BCUT2D eigenvalue weighted by molar-refractivity contribution is 0.627. The lowest BCUT2D eigenvalue weighted by Crippen LogP contribution is -2.20. The van der Waals surface area contributed by atoms with Gasteiger partial charge in [-0.3, -0.25) is 0 Å². The van der Waals surface area contributed by atoms with Gasteiger partial charge in [0.1, 0.15) is 5.82 Å². The topological polar surface area (TPSA) is 3.24 Å². The van der Waals surface area contributed by atoms with E-state index in [0.717, 1.165) is 18.5 Å². The second-order valence-electron chi connectivity index (χ2n) is 5.30. The number of fused-ring (bicyclic) bond motifs is 1. The number of halogens is 1. The van der Waals surface area contributed by atoms with Gasteiger partial charge in [0.2, 0.25) is 0 Å². The quantitative estimate of drug-likeness (QED) is 0.671. The summed E-state index contributed by atoms with van der Waals surface area (Å²) in [5.74, 6) is -0.179. The third kappa shape index (κ3) is 3.05. The molecule has 0 heterocycles. The third-order valence-corrected chi connectivity index (χ3v) is 3.83. The number of anilines is 1. The van der Waals surface area contributed by atoms with Gasteiger partial charge < -0.3 is 4.90 Å². The number of nitrogens with zero attached hydrogens (tertiary/aromatic N) is 1. The minimum atomic E-state index is -0.179. The molecule has 2 heteroatoms. The van der Waals surface area contributed by atoms with Crippen molar-refractivity contribution in [1.82, 2.24) is 0 Å². The monoisotopic (exact) mass is 279 g/mol. The molecule has 0 unspecified atom stereocenters. The summed E-state index contributed by atoms with van der Waals surface area (Å²) in [6.07, 6.45) is 0.903. The number of hydrogen-bond donors (Lipinski definition) is 0. The van der Waals surface area contributed by atoms with Crippen LogP contribution in [0.1, 0.15) is 5.56 Å². The van der Waals surface area contributed by atoms with Gasteiger partial charge in [-0.15, -0.1) is 0 Å². The second kappa shape index (κ2) is 5.96. The predicted molar refractivity (Wildman–Crippen MR) is 87.3 cm³/mol. The summed E-state index contributed by atoms with van der Waals surface area (Å²) < 4.78 is 12.9. The van der Waals surface area contributed by atoms with Crippen molar-refractivity contribution in [2.45, 2.75) is 6.42 Å². The highest BCUT2D eigenvalue weighted by Gasteiger charge is 2.05. The predicted octanol–water partition coefficient (Wildman–Crippen LogP) is 4.66. The van der Waals surface area contributed by atoms with Crippen molar-refractivity contribution in [1.29, 1.82) is 0 Å². The zero-order valence-electron chi connectivity index (χ0n) is 12.1. The molecule has 0 bridgehead atoms. The third-order valence-electron chi connectivity index (χ3n) is 3.83. The average molecular weight is 279 g/mol. The highest BCUT2D eigenvalue weighted by molar-refractivity contribution is 5.94. The molecule has 3 aromatic rings. The Morgan fingerprint density at radius 2 is 1.57 bits per heavy atom. The molecule has 0 amide bonds. The van der Waals surface area contributed by atoms with Crippen LogP contribution in [-0.2, 0) is 6.42 Å². The molecule has 0 fully saturated rings. The minimum absolute atomic E-state index is 0.179. The normalized spacial score (nSPS) is 10.8. The molecular formula is C19H18FN. The Balaban J connectivity index is 1.78. The van der Waals surface area contributed by atoms with Gasteiger partial charge in [-0.25, -0.2) is 4.39 Å². The lowest BCUT2D eigenvalue weighted by Gasteiger charge is -2.21. The Morgan fingerprint density at radius 1 is 0.857 bits per heavy atom. The van der Waals surface area contributed by atoms with Crippen molar-refractivity contribution in [3.05, 3.63) is 78.1 Å². The van der Waals surface area contributed by atoms with E-state index in [-0.39, 0.29) is 5.82 Å². The van der Waals surface area contributed by atoms with Crippen molar-refractivity contribution < 1.29 is 4.39 Å². The standard InChI is InChI=1S/C19H18FN/c1-21(14-13-15-9-11-17(20)12-10-15)19-8-4-6-16-5-2-3-7-18(16)19/h2-12H,13-14H2,1H3. The van der Waals surface area contributed by atoms with Crippen molar-refractivity contribution in [3.63, 3.8) is 0 Å². The van der Waals surface area contributed by atoms with E-state index in [9.17, 15) is 4.39 Å². The molecule has 0 aliphatic heterocycles. The molecule has 0 N–H and O–H groups in total. The van der Waals surface area contributed by atoms with Crippen molar-refractivity contribution in [3.8, 4) is 0 Å². The molecule has 0 saturated carbocycles. The van der Waals surface area contributed by atoms with E-state index in [1.165, 1.54) is 28.6 Å². The maximum atomic E-state index is 12.9. The number of benzene rings is 3. The zero-order chi connectivity index (χ0) is 14.7. The molecular weight excluding hydrogens is 261 g/mol. The molecule has 0 radical (unpaired) electrons. The highest BCUT2D eigenvalue weighted by atomic mass is 19.1. The molecule has 0 spiro atoms. The van der Waals surface area contributed by atoms with E-state index in [0.29, 0.717) is 0 Å². The summed E-state index contributed by atoms with van der Waals surface area (Å²) in [4.78, 5) is 2.26. The van der Waals surface area contributed by atoms with Crippen molar-refractivity contribution in [2.24, 2.45) is 0 Å². The molecule has 0 atom stereocenters. The SMILES string of the molecule is CN(CCc1ccc(F)cc1)c1cccc2ccccc12. The van der Waals surface area contributed by atoms with Crippen LogP contribution in [-0.4, -0.2) is 13.6 Å². The Bertz CT molecular complexity index is 729. The Labute approximate surface area is 124 Å². The van der Waals surface area contributed by atoms with E-state index in [2.05, 4.69) is 54.4 Å². The molecule has 3 aromatic carbocycles. The van der Waals surface area contributed by atoms with Crippen molar-refractivity contribution >= 4 is 16.5 Å². The average Bonchev–Trinajstić information content (AvgIpc) is 2.53. The Kier molecular flexibility index (Phi) is 3.87. The smallest absolute Gasteiger partial charge is 0.123 e. The minimum Gasteiger partial charge on any atom is -0.374 e. The van der Waals surface area contributed by atoms with Crippen LogP contribution < -0.4 is 4.90 Å². The van der Waals surface area contributed by atoms with Gasteiger partial charge in [0, 0.05) is 24.7 Å². The number of hydrogen-bond acceptors (Lipinski definition) is 1. The van der Waals surface area contributed by atoms with Crippen LogP contribution in [0.3, 0.4) is 0 Å². The Morgan fingerprint density at radius 3 is 2.38 bits per heavy atom. The summed E-state index contributed by atoms with van der Waals surface area (Å²) >= 11 is 0. The van der Waals surface area contributed by atoms with Gasteiger partial charge in [-0.2, -0.15) is 0 Å². The molecule has 1 nitrogen and oxygen atoms in total. The second-order valence-corrected chi connectivity index (χ2v) is 5.30. The molecule has 0 aromatic heterocycles. The largest absolute Gasteiger partial charge is 0.374 e. The van der Waals surface area contributed by atoms with Gasteiger partial charge in [0.25, 0.3) is 0 Å². The van der Waals surface area contributed by atoms with E-state index < -0.39 is 0 Å². The van der Waals surface area contributed by atoms with Gasteiger partial charge in [-0.05, 0) is 35.6 Å². The van der Waals surface area contributed by atoms with Gasteiger partial charge in [-0.1, -0.05) is 48.5 Å². The van der Waals surface area contributed by atoms with Crippen LogP contribution in [0.5, 0.6) is 0 Å². The maximum Gasteiger partial charge on any atom is 0.123 e. The molecule has 106 valence electrons. The first-order valence-electron chi connectivity index (χ1n) is 7.17. The molecule has 3 rings (SSSR count). The molecule has 0 aliphatic rings. The van der Waals surface area contributed by atoms with Crippen LogP contribution in [0.4, 0.5) is 10.1 Å². The number of likely N-dealkylation sites (N-methyl/N-ethyl adjacent to an activating group) is 1. The van der Waals surface area contributed by atoms with Gasteiger partial charge >= 0.3 is 0 Å². The van der Waals surface area contributed by atoms with Crippen LogP contribution in [0.25, 0.3) is 10.8 Å². The van der Waals surface area contributed by atoms with Gasteiger partial charge in [0.15, 0.2) is 0 Å². The summed E-state index contributed by atoms with van der Waals surface area (Å²) in [6, 6.07) is 21.5. The van der Waals surface area contributed by atoms with Crippen LogP contribution in [0.2, 0.25) is 0 Å². The van der Waals surface area contributed by atoms with E-state index in [4.69, 9.17) is 0 Å². The van der Waals surface area contributed by atoms with E-state index >= 15 is 0 Å². The van der Waals surface area contributed by atoms with Crippen LogP contribution >= 0.6 is 0 Å². The summed E-state index contributed by atoms with van der Waals surface area (Å²) in [6.45, 7) is 0.902. The zero-order valence-corrected chi connectivity index (χ0v) is 12.1. The maximum absolute atomic E-state index is 12.9. The summed E-state index contributed by atoms with van der Waals surface area (Å²) in [7, 11) is 2.10. The van der Waals surface area contributed by atoms with E-state index in [1.807, 2.05) is 12.1 Å². The number of rotatable bonds is 4. The Hall–Kier alpha value is -2.35. The first kappa shape index (κ1) is 13.6. The fourth-order valence-corrected chi connectivity index (χ4v) is 2.61. The first-order valence-corrected chi connectivity index (χ1v) is 7.17. The highest BCUT2D eigenvalue weighted by Crippen LogP contribution is 2.25. The first-order chi connectivity index (χ1) is 10.2. The molecule has 0 aliphatic carbocycles. The fraction of sp³-hybridized carbons (Fsp3) is 0.158. The van der Waals surface area contributed by atoms with E-state index in [1.54, 1.807) is 0 Å². The van der Waals surface area contributed by atoms with Gasteiger partial charge in [0.05, 0.1) is 0 Å². The fourth-order valence-electron chi connectivity index (χ4n) is 2.61. The summed E-state index contributed by atoms with van der Waals surface area (Å²) in [5.41, 5.74) is 2.39. The molecule has 21 heavy (non-hydrogen) atoms. The summed E-state index contributed by atoms with van der Waals surface area (Å²) in [5, 5.41) is 2.52.